The van der Waals surface area contributed by atoms with Gasteiger partial charge in [-0.15, -0.1) is 0 Å². The van der Waals surface area contributed by atoms with Crippen molar-refractivity contribution in [3.05, 3.63) is 35.9 Å². The smallest absolute Gasteiger partial charge is 0.00643 e. The maximum absolute atomic E-state index is 3.58. The number of hydrogen-bond donors (Lipinski definition) is 1. The van der Waals surface area contributed by atoms with Crippen molar-refractivity contribution in [2.45, 2.75) is 39.7 Å². The van der Waals surface area contributed by atoms with E-state index in [-0.39, 0.29) is 0 Å². The normalized spacial score (nSPS) is 14.9. The number of rotatable bonds is 6. The molecule has 0 aliphatic rings. The molecule has 0 heterocycles. The summed E-state index contributed by atoms with van der Waals surface area (Å²) in [7, 11) is 0. The molecule has 0 spiro atoms. The second kappa shape index (κ2) is 6.62. The highest BCUT2D eigenvalue weighted by Crippen LogP contribution is 2.06. The fourth-order valence-corrected chi connectivity index (χ4v) is 1.64. The molecule has 0 radical (unpaired) electrons. The van der Waals surface area contributed by atoms with Gasteiger partial charge in [0.1, 0.15) is 0 Å². The first kappa shape index (κ1) is 12.3. The van der Waals surface area contributed by atoms with Gasteiger partial charge < -0.3 is 5.32 Å². The molecule has 0 saturated heterocycles. The molecule has 0 aliphatic heterocycles. The molecule has 84 valence electrons. The summed E-state index contributed by atoms with van der Waals surface area (Å²) in [4.78, 5) is 0. The SMILES string of the molecule is CC[C@@H](C)[C@@H](C)NCCc1ccccc1. The van der Waals surface area contributed by atoms with Crippen molar-refractivity contribution in [1.82, 2.24) is 5.32 Å². The molecule has 0 unspecified atom stereocenters. The third kappa shape index (κ3) is 4.48. The molecule has 0 aromatic heterocycles. The first-order valence-corrected chi connectivity index (χ1v) is 6.01. The fourth-order valence-electron chi connectivity index (χ4n) is 1.64. The van der Waals surface area contributed by atoms with E-state index in [9.17, 15) is 0 Å². The van der Waals surface area contributed by atoms with Crippen molar-refractivity contribution in [3.8, 4) is 0 Å². The maximum atomic E-state index is 3.58. The molecule has 1 nitrogen and oxygen atoms in total. The van der Waals surface area contributed by atoms with Crippen LogP contribution in [0.1, 0.15) is 32.8 Å². The molecule has 0 amide bonds. The second-order valence-electron chi connectivity index (χ2n) is 4.36. The monoisotopic (exact) mass is 205 g/mol. The van der Waals surface area contributed by atoms with Gasteiger partial charge in [0.2, 0.25) is 0 Å². The van der Waals surface area contributed by atoms with E-state index in [1.54, 1.807) is 0 Å². The molecular formula is C14H23N. The van der Waals surface area contributed by atoms with Crippen LogP contribution >= 0.6 is 0 Å². The van der Waals surface area contributed by atoms with Crippen LogP contribution in [0.15, 0.2) is 30.3 Å². The van der Waals surface area contributed by atoms with Crippen LogP contribution in [0, 0.1) is 5.92 Å². The molecule has 0 aliphatic carbocycles. The van der Waals surface area contributed by atoms with E-state index >= 15 is 0 Å². The predicted molar refractivity (Wildman–Crippen MR) is 67.1 cm³/mol. The lowest BCUT2D eigenvalue weighted by Gasteiger charge is -2.19. The maximum Gasteiger partial charge on any atom is 0.00643 e. The van der Waals surface area contributed by atoms with Crippen molar-refractivity contribution >= 4 is 0 Å². The Labute approximate surface area is 93.9 Å². The van der Waals surface area contributed by atoms with Crippen molar-refractivity contribution in [2.24, 2.45) is 5.92 Å². The van der Waals surface area contributed by atoms with Gasteiger partial charge in [-0.05, 0) is 31.4 Å². The molecule has 15 heavy (non-hydrogen) atoms. The average Bonchev–Trinajstić information content (AvgIpc) is 2.29. The van der Waals surface area contributed by atoms with Crippen LogP contribution in [0.3, 0.4) is 0 Å². The van der Waals surface area contributed by atoms with Crippen LogP contribution in [-0.4, -0.2) is 12.6 Å². The Kier molecular flexibility index (Phi) is 5.41. The summed E-state index contributed by atoms with van der Waals surface area (Å²) < 4.78 is 0. The van der Waals surface area contributed by atoms with Gasteiger partial charge in [0.15, 0.2) is 0 Å². The van der Waals surface area contributed by atoms with Crippen LogP contribution in [0.25, 0.3) is 0 Å². The van der Waals surface area contributed by atoms with E-state index in [1.807, 2.05) is 0 Å². The summed E-state index contributed by atoms with van der Waals surface area (Å²) in [5, 5.41) is 3.58. The highest BCUT2D eigenvalue weighted by molar-refractivity contribution is 5.14. The summed E-state index contributed by atoms with van der Waals surface area (Å²) >= 11 is 0. The van der Waals surface area contributed by atoms with Gasteiger partial charge in [0.25, 0.3) is 0 Å². The standard InChI is InChI=1S/C14H23N/c1-4-12(2)13(3)15-11-10-14-8-6-5-7-9-14/h5-9,12-13,15H,4,10-11H2,1-3H3/t12-,13-/m1/s1. The minimum absolute atomic E-state index is 0.624. The van der Waals surface area contributed by atoms with Crippen molar-refractivity contribution < 1.29 is 0 Å². The molecule has 0 saturated carbocycles. The minimum Gasteiger partial charge on any atom is -0.314 e. The first-order chi connectivity index (χ1) is 7.24. The topological polar surface area (TPSA) is 12.0 Å². The van der Waals surface area contributed by atoms with E-state index in [2.05, 4.69) is 56.4 Å². The van der Waals surface area contributed by atoms with Crippen molar-refractivity contribution in [1.29, 1.82) is 0 Å². The zero-order valence-corrected chi connectivity index (χ0v) is 10.2. The van der Waals surface area contributed by atoms with Crippen molar-refractivity contribution in [3.63, 3.8) is 0 Å². The van der Waals surface area contributed by atoms with E-state index < -0.39 is 0 Å². The number of benzene rings is 1. The molecule has 1 aromatic rings. The van der Waals surface area contributed by atoms with Gasteiger partial charge in [0, 0.05) is 6.04 Å². The van der Waals surface area contributed by atoms with Gasteiger partial charge >= 0.3 is 0 Å². The molecule has 0 fully saturated rings. The van der Waals surface area contributed by atoms with E-state index in [0.29, 0.717) is 6.04 Å². The highest BCUT2D eigenvalue weighted by Gasteiger charge is 2.08. The third-order valence-corrected chi connectivity index (χ3v) is 3.22. The molecule has 0 bridgehead atoms. The lowest BCUT2D eigenvalue weighted by atomic mass is 10.0. The van der Waals surface area contributed by atoms with Crippen LogP contribution in [0.4, 0.5) is 0 Å². The van der Waals surface area contributed by atoms with Gasteiger partial charge in [-0.3, -0.25) is 0 Å². The van der Waals surface area contributed by atoms with Crippen LogP contribution in [0.5, 0.6) is 0 Å². The van der Waals surface area contributed by atoms with Gasteiger partial charge in [-0.1, -0.05) is 50.6 Å². The largest absolute Gasteiger partial charge is 0.314 e. The van der Waals surface area contributed by atoms with Gasteiger partial charge in [-0.25, -0.2) is 0 Å². The fraction of sp³-hybridized carbons (Fsp3) is 0.571. The summed E-state index contributed by atoms with van der Waals surface area (Å²) in [5.74, 6) is 0.765. The van der Waals surface area contributed by atoms with E-state index in [0.717, 1.165) is 18.9 Å². The predicted octanol–water partition coefficient (Wildman–Crippen LogP) is 3.25. The Morgan fingerprint density at radius 1 is 1.13 bits per heavy atom. The molecule has 1 aromatic carbocycles. The second-order valence-corrected chi connectivity index (χ2v) is 4.36. The Morgan fingerprint density at radius 3 is 2.40 bits per heavy atom. The first-order valence-electron chi connectivity index (χ1n) is 6.01. The van der Waals surface area contributed by atoms with E-state index in [4.69, 9.17) is 0 Å². The zero-order chi connectivity index (χ0) is 11.1. The highest BCUT2D eigenvalue weighted by atomic mass is 14.9. The van der Waals surface area contributed by atoms with Gasteiger partial charge in [0.05, 0.1) is 0 Å². The lowest BCUT2D eigenvalue weighted by molar-refractivity contribution is 0.393. The number of nitrogens with one attached hydrogen (secondary N) is 1. The lowest BCUT2D eigenvalue weighted by Crippen LogP contribution is -2.33. The number of hydrogen-bond acceptors (Lipinski definition) is 1. The molecule has 1 heteroatoms. The van der Waals surface area contributed by atoms with Crippen LogP contribution < -0.4 is 5.32 Å². The molecule has 1 N–H and O–H groups in total. The summed E-state index contributed by atoms with van der Waals surface area (Å²) in [5.41, 5.74) is 1.42. The summed E-state index contributed by atoms with van der Waals surface area (Å²) in [6, 6.07) is 11.3. The van der Waals surface area contributed by atoms with E-state index in [1.165, 1.54) is 12.0 Å². The Morgan fingerprint density at radius 2 is 1.80 bits per heavy atom. The van der Waals surface area contributed by atoms with Gasteiger partial charge in [-0.2, -0.15) is 0 Å². The third-order valence-electron chi connectivity index (χ3n) is 3.22. The van der Waals surface area contributed by atoms with Crippen LogP contribution in [-0.2, 0) is 6.42 Å². The molecular weight excluding hydrogens is 182 g/mol. The average molecular weight is 205 g/mol. The quantitative estimate of drug-likeness (QED) is 0.751. The van der Waals surface area contributed by atoms with Crippen LogP contribution in [0.2, 0.25) is 0 Å². The Bertz CT molecular complexity index is 255. The molecule has 1 rings (SSSR count). The zero-order valence-electron chi connectivity index (χ0n) is 10.2. The molecule has 2 atom stereocenters. The summed E-state index contributed by atoms with van der Waals surface area (Å²) in [6.07, 6.45) is 2.38. The van der Waals surface area contributed by atoms with Crippen molar-refractivity contribution in [2.75, 3.05) is 6.54 Å². The summed E-state index contributed by atoms with van der Waals surface area (Å²) in [6.45, 7) is 7.91. The Balaban J connectivity index is 2.22. The minimum atomic E-state index is 0.624. The Hall–Kier alpha value is -0.820.